The van der Waals surface area contributed by atoms with Gasteiger partial charge in [0, 0.05) is 57.2 Å². The SMILES string of the molecule is CC(=O)O[C@@H]1C[C@@H](C(=O)N[C@@H](C)c2ccc(-c3scnc3C)cc2)N(C(=O)[C@@H](c2cc(OCCN3CCN4c5cc(-c6ccccc6O)nnc5CCC4C3)no2)C(C)C)C1. The minimum absolute atomic E-state index is 0.0829. The Morgan fingerprint density at radius 3 is 2.57 bits per heavy atom. The summed E-state index contributed by atoms with van der Waals surface area (Å²) < 4.78 is 17.4. The number of aromatic hydroxyl groups is 1. The zero-order valence-corrected chi connectivity index (χ0v) is 35.9. The monoisotopic (exact) mass is 848 g/mol. The molecule has 0 bridgehead atoms. The van der Waals surface area contributed by atoms with E-state index in [0.29, 0.717) is 36.2 Å². The predicted octanol–water partition coefficient (Wildman–Crippen LogP) is 5.93. The number of carbonyl (C=O) groups excluding carboxylic acids is 3. The molecule has 0 spiro atoms. The van der Waals surface area contributed by atoms with Gasteiger partial charge in [-0.05, 0) is 67.1 Å². The molecule has 15 nitrogen and oxygen atoms in total. The van der Waals surface area contributed by atoms with E-state index in [0.717, 1.165) is 65.6 Å². The molecule has 2 fully saturated rings. The maximum Gasteiger partial charge on any atom is 0.302 e. The second-order valence-corrected chi connectivity index (χ2v) is 17.4. The first-order valence-corrected chi connectivity index (χ1v) is 21.8. The molecule has 5 atom stereocenters. The Hall–Kier alpha value is -5.87. The smallest absolute Gasteiger partial charge is 0.302 e. The molecule has 1 unspecified atom stereocenters. The summed E-state index contributed by atoms with van der Waals surface area (Å²) in [5.74, 6) is -1.26. The van der Waals surface area contributed by atoms with Gasteiger partial charge >= 0.3 is 5.97 Å². The van der Waals surface area contributed by atoms with E-state index in [2.05, 4.69) is 35.5 Å². The Labute approximate surface area is 359 Å². The van der Waals surface area contributed by atoms with Crippen molar-refractivity contribution in [3.8, 4) is 33.3 Å². The lowest BCUT2D eigenvalue weighted by Gasteiger charge is -2.45. The molecule has 320 valence electrons. The van der Waals surface area contributed by atoms with E-state index in [4.69, 9.17) is 14.0 Å². The Morgan fingerprint density at radius 1 is 1.03 bits per heavy atom. The van der Waals surface area contributed by atoms with E-state index in [1.807, 2.05) is 75.7 Å². The van der Waals surface area contributed by atoms with Crippen LogP contribution in [-0.2, 0) is 25.5 Å². The van der Waals surface area contributed by atoms with Gasteiger partial charge in [-0.25, -0.2) is 4.98 Å². The molecule has 61 heavy (non-hydrogen) atoms. The molecule has 2 N–H and O–H groups in total. The van der Waals surface area contributed by atoms with E-state index < -0.39 is 24.0 Å². The molecule has 0 saturated carbocycles. The molecule has 2 amide bonds. The quantitative estimate of drug-likeness (QED) is 0.133. The van der Waals surface area contributed by atoms with Gasteiger partial charge in [0.2, 0.25) is 11.8 Å². The second-order valence-electron chi connectivity index (χ2n) is 16.5. The largest absolute Gasteiger partial charge is 0.507 e. The third-order valence-electron chi connectivity index (χ3n) is 12.0. The van der Waals surface area contributed by atoms with Crippen LogP contribution in [0, 0.1) is 12.8 Å². The lowest BCUT2D eigenvalue weighted by molar-refractivity contribution is -0.147. The van der Waals surface area contributed by atoms with Crippen molar-refractivity contribution >= 4 is 34.8 Å². The van der Waals surface area contributed by atoms with Crippen molar-refractivity contribution in [1.29, 1.82) is 0 Å². The van der Waals surface area contributed by atoms with Crippen molar-refractivity contribution in [3.05, 3.63) is 88.9 Å². The van der Waals surface area contributed by atoms with Crippen molar-refractivity contribution in [2.45, 2.75) is 84.0 Å². The van der Waals surface area contributed by atoms with Crippen LogP contribution >= 0.6 is 11.3 Å². The zero-order chi connectivity index (χ0) is 42.8. The van der Waals surface area contributed by atoms with Crippen LogP contribution in [0.2, 0.25) is 0 Å². The van der Waals surface area contributed by atoms with Crippen LogP contribution in [0.25, 0.3) is 21.7 Å². The number of aryl methyl sites for hydroxylation is 2. The van der Waals surface area contributed by atoms with Crippen molar-refractivity contribution in [3.63, 3.8) is 0 Å². The number of para-hydroxylation sites is 1. The molecule has 3 aliphatic heterocycles. The minimum atomic E-state index is -0.858. The minimum Gasteiger partial charge on any atom is -0.507 e. The molecule has 0 radical (unpaired) electrons. The van der Waals surface area contributed by atoms with Crippen LogP contribution in [0.15, 0.2) is 70.7 Å². The summed E-state index contributed by atoms with van der Waals surface area (Å²) in [5, 5.41) is 26.6. The van der Waals surface area contributed by atoms with Gasteiger partial charge in [0.1, 0.15) is 30.4 Å². The van der Waals surface area contributed by atoms with Crippen LogP contribution in [0.3, 0.4) is 0 Å². The first kappa shape index (κ1) is 41.8. The molecule has 0 aliphatic carbocycles. The summed E-state index contributed by atoms with van der Waals surface area (Å²) in [4.78, 5) is 52.1. The van der Waals surface area contributed by atoms with Gasteiger partial charge in [0.15, 0.2) is 5.76 Å². The number of anilines is 1. The Kier molecular flexibility index (Phi) is 12.3. The van der Waals surface area contributed by atoms with Crippen molar-refractivity contribution in [1.82, 2.24) is 35.5 Å². The number of carbonyl (C=O) groups is 3. The fourth-order valence-electron chi connectivity index (χ4n) is 8.83. The molecule has 6 heterocycles. The van der Waals surface area contributed by atoms with Gasteiger partial charge in [-0.2, -0.15) is 5.10 Å². The number of likely N-dealkylation sites (tertiary alicyclic amines) is 1. The number of phenols is 1. The first-order chi connectivity index (χ1) is 29.4. The summed E-state index contributed by atoms with van der Waals surface area (Å²) in [6.45, 7) is 12.7. The van der Waals surface area contributed by atoms with Crippen LogP contribution in [0.4, 0.5) is 5.69 Å². The summed E-state index contributed by atoms with van der Waals surface area (Å²) in [6.07, 6.45) is 1.35. The highest BCUT2D eigenvalue weighted by molar-refractivity contribution is 7.13. The first-order valence-electron chi connectivity index (χ1n) is 20.9. The number of hydrogen-bond acceptors (Lipinski definition) is 14. The van der Waals surface area contributed by atoms with E-state index in [1.54, 1.807) is 29.5 Å². The number of amides is 2. The molecule has 3 aromatic heterocycles. The molecule has 2 aromatic carbocycles. The average molecular weight is 849 g/mol. The van der Waals surface area contributed by atoms with Crippen LogP contribution < -0.4 is 15.0 Å². The number of phenolic OH excluding ortho intramolecular Hbond substituents is 1. The van der Waals surface area contributed by atoms with Gasteiger partial charge in [-0.1, -0.05) is 50.2 Å². The fourth-order valence-corrected chi connectivity index (χ4v) is 9.64. The van der Waals surface area contributed by atoms with Crippen molar-refractivity contribution < 1.29 is 33.5 Å². The Bertz CT molecular complexity index is 2370. The molecular formula is C45H52N8O7S. The number of ether oxygens (including phenoxy) is 2. The number of rotatable bonds is 13. The Balaban J connectivity index is 0.881. The topological polar surface area (TPSA) is 176 Å². The average Bonchev–Trinajstić information content (AvgIpc) is 4.01. The van der Waals surface area contributed by atoms with Crippen molar-refractivity contribution in [2.24, 2.45) is 5.92 Å². The number of benzene rings is 2. The number of aromatic nitrogens is 4. The van der Waals surface area contributed by atoms with Crippen LogP contribution in [0.1, 0.15) is 75.2 Å². The highest BCUT2D eigenvalue weighted by Gasteiger charge is 2.45. The Morgan fingerprint density at radius 2 is 1.84 bits per heavy atom. The molecule has 3 aliphatic rings. The van der Waals surface area contributed by atoms with E-state index in [-0.39, 0.29) is 48.4 Å². The maximum atomic E-state index is 14.4. The number of hydrogen-bond donors (Lipinski definition) is 2. The summed E-state index contributed by atoms with van der Waals surface area (Å²) in [5.41, 5.74) is 8.15. The van der Waals surface area contributed by atoms with Gasteiger partial charge in [0.25, 0.3) is 5.88 Å². The third-order valence-corrected chi connectivity index (χ3v) is 13.0. The number of nitrogens with one attached hydrogen (secondary N) is 1. The number of nitrogens with zero attached hydrogens (tertiary/aromatic N) is 7. The molecule has 2 saturated heterocycles. The number of esters is 1. The number of thiazole rings is 1. The van der Waals surface area contributed by atoms with Crippen LogP contribution in [-0.4, -0.2) is 111 Å². The van der Waals surface area contributed by atoms with Gasteiger partial charge in [-0.3, -0.25) is 19.3 Å². The summed E-state index contributed by atoms with van der Waals surface area (Å²) in [6, 6.07) is 18.0. The lowest BCUT2D eigenvalue weighted by atomic mass is 9.91. The summed E-state index contributed by atoms with van der Waals surface area (Å²) >= 11 is 1.58. The zero-order valence-electron chi connectivity index (χ0n) is 35.1. The predicted molar refractivity (Wildman–Crippen MR) is 229 cm³/mol. The number of piperazine rings is 1. The molecular weight excluding hydrogens is 797 g/mol. The van der Waals surface area contributed by atoms with E-state index in [9.17, 15) is 19.5 Å². The highest BCUT2D eigenvalue weighted by Crippen LogP contribution is 2.37. The second kappa shape index (κ2) is 18.0. The molecule has 16 heteroatoms. The highest BCUT2D eigenvalue weighted by atomic mass is 32.1. The molecule has 8 rings (SSSR count). The standard InChI is InChI=1S/C45H52N8O7S/c1-26(2)42(45(57)53-24-33(59-29(5)54)20-38(53)44(56)47-27(3)30-10-12-31(13-11-30)43-28(4)46-25-61-43)40-22-41(50-60-40)58-19-18-51-16-17-52-32(23-51)14-15-35-37(52)21-36(49-48-35)34-8-6-7-9-39(34)55/h6-13,21-22,25-27,32-33,38,42,55H,14-20,23-24H2,1-5H3,(H,47,56)/t27-,32?,33+,38-,42+/m0/s1. The third kappa shape index (κ3) is 9.10. The number of fused-ring (bicyclic) bond motifs is 3. The normalized spacial score (nSPS) is 19.9. The lowest BCUT2D eigenvalue weighted by Crippen LogP contribution is -2.55. The van der Waals surface area contributed by atoms with Crippen LogP contribution in [0.5, 0.6) is 11.6 Å². The van der Waals surface area contributed by atoms with E-state index >= 15 is 0 Å². The van der Waals surface area contributed by atoms with Gasteiger partial charge < -0.3 is 34.2 Å². The van der Waals surface area contributed by atoms with E-state index in [1.165, 1.54) is 11.8 Å². The van der Waals surface area contributed by atoms with Crippen molar-refractivity contribution in [2.75, 3.05) is 44.2 Å². The maximum absolute atomic E-state index is 14.4. The summed E-state index contributed by atoms with van der Waals surface area (Å²) in [7, 11) is 0. The molecule has 5 aromatic rings. The van der Waals surface area contributed by atoms with Gasteiger partial charge in [-0.15, -0.1) is 16.4 Å². The van der Waals surface area contributed by atoms with Gasteiger partial charge in [0.05, 0.1) is 45.7 Å². The fraction of sp³-hybridized carbons (Fsp3) is 0.444.